The largest absolute Gasteiger partial charge is 0.383 e. The summed E-state index contributed by atoms with van der Waals surface area (Å²) in [6.45, 7) is 0.491. The number of hydrogen-bond acceptors (Lipinski definition) is 6. The third kappa shape index (κ3) is 3.70. The molecule has 21 heavy (non-hydrogen) atoms. The third-order valence-electron chi connectivity index (χ3n) is 3.79. The highest BCUT2D eigenvalue weighted by Crippen LogP contribution is 2.26. The quantitative estimate of drug-likeness (QED) is 0.650. The molecule has 7 nitrogen and oxygen atoms in total. The van der Waals surface area contributed by atoms with E-state index < -0.39 is 14.8 Å². The molecule has 1 atom stereocenters. The molecule has 1 unspecified atom stereocenters. The highest BCUT2D eigenvalue weighted by Gasteiger charge is 2.30. The number of sulfone groups is 1. The van der Waals surface area contributed by atoms with Gasteiger partial charge in [0, 0.05) is 25.7 Å². The lowest BCUT2D eigenvalue weighted by Gasteiger charge is -2.23. The van der Waals surface area contributed by atoms with Crippen LogP contribution in [0.25, 0.3) is 0 Å². The Kier molecular flexibility index (Phi) is 4.48. The topological polar surface area (TPSA) is 92.6 Å². The van der Waals surface area contributed by atoms with E-state index in [1.165, 1.54) is 6.07 Å². The van der Waals surface area contributed by atoms with Crippen molar-refractivity contribution in [2.45, 2.75) is 19.0 Å². The Bertz CT molecular complexity index is 645. The molecule has 1 N–H and O–H groups in total. The van der Waals surface area contributed by atoms with Crippen molar-refractivity contribution >= 4 is 21.2 Å². The molecule has 2 rings (SSSR count). The van der Waals surface area contributed by atoms with Crippen LogP contribution in [0.3, 0.4) is 0 Å². The monoisotopic (exact) mass is 313 g/mol. The number of benzene rings is 1. The fraction of sp³-hybridized carbons (Fsp3) is 0.538. The number of nitrogens with one attached hydrogen (secondary N) is 1. The van der Waals surface area contributed by atoms with Gasteiger partial charge >= 0.3 is 0 Å². The highest BCUT2D eigenvalue weighted by atomic mass is 32.2. The Morgan fingerprint density at radius 1 is 1.48 bits per heavy atom. The van der Waals surface area contributed by atoms with Crippen LogP contribution in [0, 0.1) is 10.1 Å². The molecular formula is C13H19N3O4S. The van der Waals surface area contributed by atoms with Crippen molar-refractivity contribution in [2.24, 2.45) is 0 Å². The molecule has 1 aromatic rings. The fourth-order valence-electron chi connectivity index (χ4n) is 2.58. The second-order valence-corrected chi connectivity index (χ2v) is 7.56. The smallest absolute Gasteiger partial charge is 0.292 e. The van der Waals surface area contributed by atoms with Crippen LogP contribution in [-0.4, -0.2) is 49.9 Å². The van der Waals surface area contributed by atoms with Gasteiger partial charge in [0.15, 0.2) is 9.84 Å². The van der Waals surface area contributed by atoms with Gasteiger partial charge in [0.05, 0.1) is 16.4 Å². The number of nitrogens with zero attached hydrogens (tertiary/aromatic N) is 2. The third-order valence-corrected chi connectivity index (χ3v) is 5.54. The van der Waals surface area contributed by atoms with E-state index in [0.717, 1.165) is 5.56 Å². The van der Waals surface area contributed by atoms with Crippen LogP contribution in [0.4, 0.5) is 11.4 Å². The Hall–Kier alpha value is -1.67. The minimum atomic E-state index is -2.92. The molecule has 1 heterocycles. The predicted octanol–water partition coefficient (Wildman–Crippen LogP) is 1.26. The first-order valence-electron chi connectivity index (χ1n) is 6.68. The average Bonchev–Trinajstić information content (AvgIpc) is 2.79. The van der Waals surface area contributed by atoms with E-state index in [4.69, 9.17) is 0 Å². The van der Waals surface area contributed by atoms with Crippen LogP contribution < -0.4 is 5.32 Å². The SMILES string of the molecule is CNc1ccc(CN(C)C2CCS(=O)(=O)C2)cc1[N+](=O)[O-]. The van der Waals surface area contributed by atoms with Crippen molar-refractivity contribution in [1.29, 1.82) is 0 Å². The molecular weight excluding hydrogens is 294 g/mol. The Morgan fingerprint density at radius 3 is 2.71 bits per heavy atom. The van der Waals surface area contributed by atoms with Crippen molar-refractivity contribution in [3.63, 3.8) is 0 Å². The Morgan fingerprint density at radius 2 is 2.19 bits per heavy atom. The molecule has 0 radical (unpaired) electrons. The number of rotatable bonds is 5. The van der Waals surface area contributed by atoms with Crippen molar-refractivity contribution < 1.29 is 13.3 Å². The second kappa shape index (κ2) is 5.98. The molecule has 0 saturated carbocycles. The summed E-state index contributed by atoms with van der Waals surface area (Å²) in [5.41, 5.74) is 1.30. The van der Waals surface area contributed by atoms with Crippen LogP contribution in [0.15, 0.2) is 18.2 Å². The minimum Gasteiger partial charge on any atom is -0.383 e. The summed E-state index contributed by atoms with van der Waals surface area (Å²) in [5.74, 6) is 0.390. The van der Waals surface area contributed by atoms with Gasteiger partial charge < -0.3 is 5.32 Å². The molecule has 1 fully saturated rings. The number of hydrogen-bond donors (Lipinski definition) is 1. The summed E-state index contributed by atoms with van der Waals surface area (Å²) < 4.78 is 23.0. The van der Waals surface area contributed by atoms with E-state index in [1.54, 1.807) is 13.1 Å². The van der Waals surface area contributed by atoms with Crippen LogP contribution >= 0.6 is 0 Å². The summed E-state index contributed by atoms with van der Waals surface area (Å²) in [6.07, 6.45) is 0.621. The van der Waals surface area contributed by atoms with Crippen molar-refractivity contribution in [2.75, 3.05) is 30.9 Å². The van der Waals surface area contributed by atoms with Gasteiger partial charge in [-0.2, -0.15) is 0 Å². The van der Waals surface area contributed by atoms with Gasteiger partial charge in [-0.25, -0.2) is 8.42 Å². The van der Waals surface area contributed by atoms with Gasteiger partial charge in [-0.15, -0.1) is 0 Å². The summed E-state index contributed by atoms with van der Waals surface area (Å²) in [4.78, 5) is 12.6. The van der Waals surface area contributed by atoms with Gasteiger partial charge in [-0.05, 0) is 25.1 Å². The molecule has 0 bridgehead atoms. The highest BCUT2D eigenvalue weighted by molar-refractivity contribution is 7.91. The van der Waals surface area contributed by atoms with Crippen molar-refractivity contribution in [3.8, 4) is 0 Å². The maximum atomic E-state index is 11.5. The van der Waals surface area contributed by atoms with Crippen LogP contribution in [0.1, 0.15) is 12.0 Å². The standard InChI is InChI=1S/C13H19N3O4S/c1-14-12-4-3-10(7-13(12)16(17)18)8-15(2)11-5-6-21(19,20)9-11/h3-4,7,11,14H,5-6,8-9H2,1-2H3. The maximum absolute atomic E-state index is 11.5. The Balaban J connectivity index is 2.13. The first kappa shape index (κ1) is 15.7. The molecule has 1 saturated heterocycles. The second-order valence-electron chi connectivity index (χ2n) is 5.33. The fourth-order valence-corrected chi connectivity index (χ4v) is 4.38. The average molecular weight is 313 g/mol. The normalized spacial score (nSPS) is 20.6. The van der Waals surface area contributed by atoms with Crippen molar-refractivity contribution in [3.05, 3.63) is 33.9 Å². The van der Waals surface area contributed by atoms with Crippen LogP contribution in [0.2, 0.25) is 0 Å². The molecule has 0 aliphatic carbocycles. The summed E-state index contributed by atoms with van der Waals surface area (Å²) in [7, 11) is 0.562. The molecule has 1 aliphatic heterocycles. The predicted molar refractivity (Wildman–Crippen MR) is 81.2 cm³/mol. The first-order valence-corrected chi connectivity index (χ1v) is 8.50. The summed E-state index contributed by atoms with van der Waals surface area (Å²) >= 11 is 0. The van der Waals surface area contributed by atoms with Crippen LogP contribution in [-0.2, 0) is 16.4 Å². The van der Waals surface area contributed by atoms with Gasteiger partial charge in [-0.1, -0.05) is 6.07 Å². The first-order chi connectivity index (χ1) is 9.82. The lowest BCUT2D eigenvalue weighted by molar-refractivity contribution is -0.384. The van der Waals surface area contributed by atoms with Crippen LogP contribution in [0.5, 0.6) is 0 Å². The van der Waals surface area contributed by atoms with E-state index in [2.05, 4.69) is 5.32 Å². The van der Waals surface area contributed by atoms with E-state index in [9.17, 15) is 18.5 Å². The summed E-state index contributed by atoms with van der Waals surface area (Å²) in [5, 5.41) is 13.8. The van der Waals surface area contributed by atoms with E-state index >= 15 is 0 Å². The van der Waals surface area contributed by atoms with Gasteiger partial charge in [0.2, 0.25) is 0 Å². The molecule has 0 amide bonds. The zero-order valence-corrected chi connectivity index (χ0v) is 12.9. The van der Waals surface area contributed by atoms with E-state index in [-0.39, 0.29) is 23.2 Å². The molecule has 116 valence electrons. The number of anilines is 1. The number of nitro benzene ring substituents is 1. The zero-order chi connectivity index (χ0) is 15.6. The lowest BCUT2D eigenvalue weighted by Crippen LogP contribution is -2.32. The van der Waals surface area contributed by atoms with Gasteiger partial charge in [0.25, 0.3) is 5.69 Å². The molecule has 0 spiro atoms. The van der Waals surface area contributed by atoms with Gasteiger partial charge in [0.1, 0.15) is 5.69 Å². The van der Waals surface area contributed by atoms with Gasteiger partial charge in [-0.3, -0.25) is 15.0 Å². The Labute approximate surface area is 124 Å². The zero-order valence-electron chi connectivity index (χ0n) is 12.1. The summed E-state index contributed by atoms with van der Waals surface area (Å²) in [6, 6.07) is 5.01. The van der Waals surface area contributed by atoms with Crippen molar-refractivity contribution in [1.82, 2.24) is 4.90 Å². The molecule has 8 heteroatoms. The minimum absolute atomic E-state index is 0.0157. The molecule has 0 aromatic heterocycles. The molecule has 1 aromatic carbocycles. The van der Waals surface area contributed by atoms with E-state index in [1.807, 2.05) is 18.0 Å². The maximum Gasteiger partial charge on any atom is 0.292 e. The number of nitro groups is 1. The molecule has 1 aliphatic rings. The lowest BCUT2D eigenvalue weighted by atomic mass is 10.1. The van der Waals surface area contributed by atoms with E-state index in [0.29, 0.717) is 18.7 Å².